The first-order valence-electron chi connectivity index (χ1n) is 11.9. The number of hydrogen-bond donors (Lipinski definition) is 0. The van der Waals surface area contributed by atoms with Crippen LogP contribution in [0.5, 0.6) is 0 Å². The van der Waals surface area contributed by atoms with Gasteiger partial charge in [-0.25, -0.2) is 17.8 Å². The Labute approximate surface area is 211 Å². The van der Waals surface area contributed by atoms with Crippen molar-refractivity contribution in [3.05, 3.63) is 95.6 Å². The lowest BCUT2D eigenvalue weighted by atomic mass is 10.1. The Kier molecular flexibility index (Phi) is 8.01. The predicted molar refractivity (Wildman–Crippen MR) is 135 cm³/mol. The summed E-state index contributed by atoms with van der Waals surface area (Å²) < 4.78 is 48.4. The third-order valence-corrected chi connectivity index (χ3v) is 7.83. The molecule has 1 saturated heterocycles. The molecular formula is C27H30FN3O4S. The summed E-state index contributed by atoms with van der Waals surface area (Å²) in [4.78, 5) is 19.2. The fraction of sp³-hybridized carbons (Fsp3) is 0.333. The van der Waals surface area contributed by atoms with Crippen molar-refractivity contribution in [3.63, 3.8) is 0 Å². The number of benzene rings is 2. The van der Waals surface area contributed by atoms with Gasteiger partial charge >= 0.3 is 0 Å². The summed E-state index contributed by atoms with van der Waals surface area (Å²) in [6.45, 7) is 6.94. The highest BCUT2D eigenvalue weighted by Gasteiger charge is 2.29. The van der Waals surface area contributed by atoms with E-state index >= 15 is 0 Å². The van der Waals surface area contributed by atoms with Crippen LogP contribution in [0.25, 0.3) is 0 Å². The van der Waals surface area contributed by atoms with Crippen molar-refractivity contribution < 1.29 is 22.3 Å². The standard InChI is InChI=1S/C27H30FN3O4S/c1-3-14-30(26(32)24-12-6-4-9-20(24)2)17-22-16-29-27(31(22)18-23-11-8-15-35-23)36(33,34)19-21-10-5-7-13-25(21)28/h3-7,9-10,12-13,16,23H,1,8,11,14-15,17-19H2,2H3/t23-/m0/s1. The number of halogens is 1. The van der Waals surface area contributed by atoms with Crippen LogP contribution in [-0.2, 0) is 33.4 Å². The molecule has 7 nitrogen and oxygen atoms in total. The Bertz CT molecular complexity index is 1350. The average Bonchev–Trinajstić information content (AvgIpc) is 3.51. The fourth-order valence-corrected chi connectivity index (χ4v) is 5.91. The number of aromatic nitrogens is 2. The van der Waals surface area contributed by atoms with Gasteiger partial charge in [0.2, 0.25) is 15.0 Å². The lowest BCUT2D eigenvalue weighted by molar-refractivity contribution is 0.0751. The second-order valence-electron chi connectivity index (χ2n) is 8.92. The molecule has 36 heavy (non-hydrogen) atoms. The molecule has 1 amide bonds. The third-order valence-electron chi connectivity index (χ3n) is 6.26. The van der Waals surface area contributed by atoms with Gasteiger partial charge in [0.05, 0.1) is 36.8 Å². The number of amides is 1. The van der Waals surface area contributed by atoms with Crippen LogP contribution in [0, 0.1) is 12.7 Å². The van der Waals surface area contributed by atoms with Crippen LogP contribution in [0.15, 0.2) is 72.5 Å². The largest absolute Gasteiger partial charge is 0.376 e. The molecule has 0 N–H and O–H groups in total. The minimum absolute atomic E-state index is 0.0775. The number of rotatable bonds is 10. The molecule has 0 radical (unpaired) electrons. The number of carbonyl (C=O) groups excluding carboxylic acids is 1. The van der Waals surface area contributed by atoms with E-state index < -0.39 is 21.4 Å². The molecule has 190 valence electrons. The molecule has 1 aliphatic rings. The molecule has 4 rings (SSSR count). The molecule has 3 aromatic rings. The number of imidazole rings is 1. The van der Waals surface area contributed by atoms with E-state index in [0.29, 0.717) is 17.9 Å². The Morgan fingerprint density at radius 1 is 1.25 bits per heavy atom. The number of sulfone groups is 1. The van der Waals surface area contributed by atoms with Crippen molar-refractivity contribution in [1.82, 2.24) is 14.5 Å². The number of hydrogen-bond acceptors (Lipinski definition) is 5. The van der Waals surface area contributed by atoms with Crippen LogP contribution in [-0.4, -0.2) is 48.0 Å². The fourth-order valence-electron chi connectivity index (χ4n) is 4.39. The molecular weight excluding hydrogens is 481 g/mol. The van der Waals surface area contributed by atoms with Crippen molar-refractivity contribution in [1.29, 1.82) is 0 Å². The topological polar surface area (TPSA) is 81.5 Å². The van der Waals surface area contributed by atoms with Gasteiger partial charge in [0.1, 0.15) is 5.82 Å². The predicted octanol–water partition coefficient (Wildman–Crippen LogP) is 4.31. The maximum atomic E-state index is 14.2. The second kappa shape index (κ2) is 11.2. The summed E-state index contributed by atoms with van der Waals surface area (Å²) in [5, 5.41) is -0.154. The molecule has 2 aromatic carbocycles. The summed E-state index contributed by atoms with van der Waals surface area (Å²) in [5.74, 6) is -1.28. The summed E-state index contributed by atoms with van der Waals surface area (Å²) >= 11 is 0. The maximum Gasteiger partial charge on any atom is 0.254 e. The first-order chi connectivity index (χ1) is 17.3. The molecule has 1 aromatic heterocycles. The van der Waals surface area contributed by atoms with E-state index in [2.05, 4.69) is 11.6 Å². The Hall–Kier alpha value is -3.30. The highest BCUT2D eigenvalue weighted by Crippen LogP contribution is 2.24. The van der Waals surface area contributed by atoms with Crippen LogP contribution >= 0.6 is 0 Å². The zero-order valence-corrected chi connectivity index (χ0v) is 21.1. The van der Waals surface area contributed by atoms with Crippen LogP contribution in [0.4, 0.5) is 4.39 Å². The van der Waals surface area contributed by atoms with E-state index in [4.69, 9.17) is 4.74 Å². The minimum atomic E-state index is -3.98. The Balaban J connectivity index is 1.69. The quantitative estimate of drug-likeness (QED) is 0.379. The average molecular weight is 512 g/mol. The van der Waals surface area contributed by atoms with E-state index in [1.54, 1.807) is 33.7 Å². The van der Waals surface area contributed by atoms with Gasteiger partial charge in [-0.1, -0.05) is 42.5 Å². The zero-order valence-electron chi connectivity index (χ0n) is 20.3. The van der Waals surface area contributed by atoms with Gasteiger partial charge in [-0.3, -0.25) is 4.79 Å². The second-order valence-corrected chi connectivity index (χ2v) is 10.8. The maximum absolute atomic E-state index is 14.2. The molecule has 9 heteroatoms. The van der Waals surface area contributed by atoms with Gasteiger partial charge in [-0.15, -0.1) is 6.58 Å². The number of carbonyl (C=O) groups is 1. The molecule has 1 fully saturated rings. The van der Waals surface area contributed by atoms with E-state index in [0.717, 1.165) is 18.4 Å². The van der Waals surface area contributed by atoms with E-state index in [1.807, 2.05) is 19.1 Å². The molecule has 0 unspecified atom stereocenters. The van der Waals surface area contributed by atoms with Gasteiger partial charge in [0, 0.05) is 24.3 Å². The molecule has 0 spiro atoms. The number of ether oxygens (including phenoxy) is 1. The van der Waals surface area contributed by atoms with Crippen molar-refractivity contribution in [2.24, 2.45) is 0 Å². The Morgan fingerprint density at radius 2 is 2.00 bits per heavy atom. The SMILES string of the molecule is C=CCN(Cc1cnc(S(=O)(=O)Cc2ccccc2F)n1C[C@@H]1CCCO1)C(=O)c1ccccc1C. The molecule has 0 saturated carbocycles. The van der Waals surface area contributed by atoms with Gasteiger partial charge in [0.15, 0.2) is 0 Å². The number of aryl methyl sites for hydroxylation is 1. The first-order valence-corrected chi connectivity index (χ1v) is 13.5. The van der Waals surface area contributed by atoms with Gasteiger partial charge < -0.3 is 14.2 Å². The third kappa shape index (κ3) is 5.74. The highest BCUT2D eigenvalue weighted by atomic mass is 32.2. The normalized spacial score (nSPS) is 15.7. The van der Waals surface area contributed by atoms with Crippen molar-refractivity contribution in [2.75, 3.05) is 13.2 Å². The van der Waals surface area contributed by atoms with Crippen LogP contribution in [0.3, 0.4) is 0 Å². The van der Waals surface area contributed by atoms with Crippen LogP contribution < -0.4 is 0 Å². The van der Waals surface area contributed by atoms with Crippen LogP contribution in [0.2, 0.25) is 0 Å². The first kappa shape index (κ1) is 25.8. The minimum Gasteiger partial charge on any atom is -0.376 e. The summed E-state index contributed by atoms with van der Waals surface area (Å²) in [7, 11) is -3.98. The van der Waals surface area contributed by atoms with Crippen molar-refractivity contribution >= 4 is 15.7 Å². The molecule has 0 aliphatic carbocycles. The molecule has 0 bridgehead atoms. The Morgan fingerprint density at radius 3 is 2.69 bits per heavy atom. The van der Waals surface area contributed by atoms with E-state index in [9.17, 15) is 17.6 Å². The van der Waals surface area contributed by atoms with Crippen molar-refractivity contribution in [2.45, 2.75) is 49.9 Å². The summed E-state index contributed by atoms with van der Waals surface area (Å²) in [6, 6.07) is 13.1. The zero-order chi connectivity index (χ0) is 25.7. The van der Waals surface area contributed by atoms with Gasteiger partial charge in [-0.2, -0.15) is 0 Å². The van der Waals surface area contributed by atoms with E-state index in [-0.39, 0.29) is 42.4 Å². The lowest BCUT2D eigenvalue weighted by Crippen LogP contribution is -2.33. The summed E-state index contributed by atoms with van der Waals surface area (Å²) in [6.07, 6.45) is 4.63. The van der Waals surface area contributed by atoms with Crippen molar-refractivity contribution in [3.8, 4) is 0 Å². The van der Waals surface area contributed by atoms with Crippen LogP contribution in [0.1, 0.15) is 40.0 Å². The molecule has 2 heterocycles. The summed E-state index contributed by atoms with van der Waals surface area (Å²) in [5.41, 5.74) is 2.05. The smallest absolute Gasteiger partial charge is 0.254 e. The number of nitrogens with zero attached hydrogens (tertiary/aromatic N) is 3. The highest BCUT2D eigenvalue weighted by molar-refractivity contribution is 7.90. The lowest BCUT2D eigenvalue weighted by Gasteiger charge is -2.24. The van der Waals surface area contributed by atoms with Gasteiger partial charge in [-0.05, 0) is 37.5 Å². The molecule has 1 atom stereocenters. The monoisotopic (exact) mass is 511 g/mol. The van der Waals surface area contributed by atoms with E-state index in [1.165, 1.54) is 24.4 Å². The van der Waals surface area contributed by atoms with Gasteiger partial charge in [0.25, 0.3) is 5.91 Å². The molecule has 1 aliphatic heterocycles.